The molecule has 0 spiro atoms. The van der Waals surface area contributed by atoms with E-state index in [4.69, 9.17) is 10.8 Å². The molecule has 0 saturated carbocycles. The van der Waals surface area contributed by atoms with Gasteiger partial charge < -0.3 is 15.7 Å². The topological polar surface area (TPSA) is 96.5 Å². The van der Waals surface area contributed by atoms with E-state index in [1.165, 1.54) is 11.3 Å². The lowest BCUT2D eigenvalue weighted by Crippen LogP contribution is -2.44. The Hall–Kier alpha value is -1.63. The highest BCUT2D eigenvalue weighted by Gasteiger charge is 2.28. The number of nitrogens with two attached hydrogens (primary N) is 1. The van der Waals surface area contributed by atoms with Crippen LogP contribution in [0.3, 0.4) is 0 Å². The molecular weight excluding hydrogens is 266 g/mol. The molecule has 0 radical (unpaired) electrons. The fourth-order valence-corrected chi connectivity index (χ4v) is 2.93. The first-order valence-corrected chi connectivity index (χ1v) is 7.19. The number of aliphatic carboxylic acids is 1. The Labute approximate surface area is 115 Å². The van der Waals surface area contributed by atoms with Gasteiger partial charge in [0.25, 0.3) is 5.91 Å². The van der Waals surface area contributed by atoms with Gasteiger partial charge in [-0.2, -0.15) is 0 Å². The standard InChI is InChI=1S/C12H17N3O3S/c13-12-14-9(7-19-12)11(18)15-6-2-1-3-8(15)4-5-10(16)17/h7-8H,1-6H2,(H2,13,14)(H,16,17). The summed E-state index contributed by atoms with van der Waals surface area (Å²) in [5.74, 6) is -0.959. The second-order valence-corrected chi connectivity index (χ2v) is 5.54. The van der Waals surface area contributed by atoms with Gasteiger partial charge in [-0.05, 0) is 25.7 Å². The molecular formula is C12H17N3O3S. The molecule has 1 aromatic heterocycles. The van der Waals surface area contributed by atoms with Gasteiger partial charge in [-0.25, -0.2) is 4.98 Å². The SMILES string of the molecule is Nc1nc(C(=O)N2CCCCC2CCC(=O)O)cs1. The Morgan fingerprint density at radius 1 is 1.53 bits per heavy atom. The van der Waals surface area contributed by atoms with Crippen molar-refractivity contribution in [2.45, 2.75) is 38.1 Å². The third-order valence-electron chi connectivity index (χ3n) is 3.32. The molecule has 1 aliphatic heterocycles. The summed E-state index contributed by atoms with van der Waals surface area (Å²) in [6.07, 6.45) is 3.44. The Balaban J connectivity index is 2.06. The molecule has 0 aromatic carbocycles. The van der Waals surface area contributed by atoms with Crippen LogP contribution in [0.25, 0.3) is 0 Å². The van der Waals surface area contributed by atoms with E-state index in [1.54, 1.807) is 10.3 Å². The summed E-state index contributed by atoms with van der Waals surface area (Å²) in [5.41, 5.74) is 5.90. The molecule has 0 bridgehead atoms. The molecule has 1 atom stereocenters. The van der Waals surface area contributed by atoms with Gasteiger partial charge in [0, 0.05) is 24.4 Å². The summed E-state index contributed by atoms with van der Waals surface area (Å²) in [5, 5.41) is 10.8. The number of nitrogens with zero attached hydrogens (tertiary/aromatic N) is 2. The quantitative estimate of drug-likeness (QED) is 0.874. The first-order valence-electron chi connectivity index (χ1n) is 6.31. The van der Waals surface area contributed by atoms with Gasteiger partial charge in [0.2, 0.25) is 0 Å². The minimum Gasteiger partial charge on any atom is -0.481 e. The summed E-state index contributed by atoms with van der Waals surface area (Å²) in [6.45, 7) is 0.667. The van der Waals surface area contributed by atoms with Gasteiger partial charge in [-0.3, -0.25) is 9.59 Å². The molecule has 2 rings (SSSR count). The van der Waals surface area contributed by atoms with Crippen LogP contribution in [0.2, 0.25) is 0 Å². The number of carboxylic acid groups (broad SMARTS) is 1. The Morgan fingerprint density at radius 3 is 2.95 bits per heavy atom. The Kier molecular flexibility index (Phi) is 4.36. The summed E-state index contributed by atoms with van der Waals surface area (Å²) < 4.78 is 0. The first kappa shape index (κ1) is 13.8. The summed E-state index contributed by atoms with van der Waals surface area (Å²) in [4.78, 5) is 28.8. The average Bonchev–Trinajstić information content (AvgIpc) is 2.82. The van der Waals surface area contributed by atoms with Gasteiger partial charge in [-0.1, -0.05) is 0 Å². The van der Waals surface area contributed by atoms with Crippen molar-refractivity contribution < 1.29 is 14.7 Å². The summed E-state index contributed by atoms with van der Waals surface area (Å²) in [7, 11) is 0. The zero-order valence-electron chi connectivity index (χ0n) is 10.5. The predicted octanol–water partition coefficient (Wildman–Crippen LogP) is 1.58. The molecule has 104 valence electrons. The van der Waals surface area contributed by atoms with Crippen LogP contribution in [-0.2, 0) is 4.79 Å². The lowest BCUT2D eigenvalue weighted by atomic mass is 9.97. The second-order valence-electron chi connectivity index (χ2n) is 4.65. The van der Waals surface area contributed by atoms with Gasteiger partial charge in [0.05, 0.1) is 0 Å². The highest BCUT2D eigenvalue weighted by atomic mass is 32.1. The number of carbonyl (C=O) groups excluding carboxylic acids is 1. The van der Waals surface area contributed by atoms with Crippen LogP contribution in [0.4, 0.5) is 5.13 Å². The van der Waals surface area contributed by atoms with Gasteiger partial charge in [0.15, 0.2) is 5.13 Å². The molecule has 1 fully saturated rings. The van der Waals surface area contributed by atoms with E-state index in [9.17, 15) is 9.59 Å². The maximum atomic E-state index is 12.3. The van der Waals surface area contributed by atoms with E-state index in [-0.39, 0.29) is 18.4 Å². The number of piperidine rings is 1. The van der Waals surface area contributed by atoms with E-state index in [0.29, 0.717) is 23.8 Å². The molecule has 2 heterocycles. The highest BCUT2D eigenvalue weighted by molar-refractivity contribution is 7.13. The van der Waals surface area contributed by atoms with Gasteiger partial charge >= 0.3 is 5.97 Å². The van der Waals surface area contributed by atoms with Crippen molar-refractivity contribution in [3.05, 3.63) is 11.1 Å². The number of carboxylic acids is 1. The van der Waals surface area contributed by atoms with Crippen molar-refractivity contribution in [1.29, 1.82) is 0 Å². The number of thiazole rings is 1. The molecule has 1 amide bonds. The molecule has 7 heteroatoms. The molecule has 1 aliphatic rings. The third kappa shape index (κ3) is 3.44. The average molecular weight is 283 g/mol. The number of hydrogen-bond acceptors (Lipinski definition) is 5. The third-order valence-corrected chi connectivity index (χ3v) is 3.99. The number of anilines is 1. The van der Waals surface area contributed by atoms with Crippen molar-refractivity contribution in [1.82, 2.24) is 9.88 Å². The minimum atomic E-state index is -0.823. The van der Waals surface area contributed by atoms with Crippen LogP contribution >= 0.6 is 11.3 Å². The smallest absolute Gasteiger partial charge is 0.303 e. The summed E-state index contributed by atoms with van der Waals surface area (Å²) >= 11 is 1.24. The number of hydrogen-bond donors (Lipinski definition) is 2. The Morgan fingerprint density at radius 2 is 2.32 bits per heavy atom. The lowest BCUT2D eigenvalue weighted by molar-refractivity contribution is -0.137. The maximum absolute atomic E-state index is 12.3. The normalized spacial score (nSPS) is 19.4. The van der Waals surface area contributed by atoms with E-state index in [0.717, 1.165) is 19.3 Å². The van der Waals surface area contributed by atoms with E-state index in [2.05, 4.69) is 4.98 Å². The molecule has 0 aliphatic carbocycles. The second kappa shape index (κ2) is 6.01. The monoisotopic (exact) mass is 283 g/mol. The molecule has 6 nitrogen and oxygen atoms in total. The molecule has 19 heavy (non-hydrogen) atoms. The lowest BCUT2D eigenvalue weighted by Gasteiger charge is -2.35. The van der Waals surface area contributed by atoms with E-state index >= 15 is 0 Å². The Bertz CT molecular complexity index is 475. The number of likely N-dealkylation sites (tertiary alicyclic amines) is 1. The molecule has 1 aromatic rings. The molecule has 1 saturated heterocycles. The number of aromatic nitrogens is 1. The molecule has 3 N–H and O–H groups in total. The van der Waals surface area contributed by atoms with Crippen molar-refractivity contribution >= 4 is 28.3 Å². The number of amides is 1. The van der Waals surface area contributed by atoms with Crippen LogP contribution in [0.5, 0.6) is 0 Å². The minimum absolute atomic E-state index is 0.000254. The van der Waals surface area contributed by atoms with Crippen molar-refractivity contribution in [2.24, 2.45) is 0 Å². The van der Waals surface area contributed by atoms with Crippen LogP contribution in [0.15, 0.2) is 5.38 Å². The highest BCUT2D eigenvalue weighted by Crippen LogP contribution is 2.24. The van der Waals surface area contributed by atoms with Crippen LogP contribution in [0, 0.1) is 0 Å². The zero-order valence-corrected chi connectivity index (χ0v) is 11.4. The van der Waals surface area contributed by atoms with Crippen molar-refractivity contribution in [2.75, 3.05) is 12.3 Å². The van der Waals surface area contributed by atoms with Gasteiger partial charge in [0.1, 0.15) is 5.69 Å². The maximum Gasteiger partial charge on any atom is 0.303 e. The van der Waals surface area contributed by atoms with Crippen LogP contribution in [-0.4, -0.2) is 39.5 Å². The fourth-order valence-electron chi connectivity index (χ4n) is 2.39. The predicted molar refractivity (Wildman–Crippen MR) is 72.1 cm³/mol. The van der Waals surface area contributed by atoms with Gasteiger partial charge in [-0.15, -0.1) is 11.3 Å². The first-order chi connectivity index (χ1) is 9.08. The number of nitrogen functional groups attached to an aromatic ring is 1. The number of rotatable bonds is 4. The van der Waals surface area contributed by atoms with Crippen LogP contribution in [0.1, 0.15) is 42.6 Å². The van der Waals surface area contributed by atoms with E-state index in [1.807, 2.05) is 0 Å². The molecule has 1 unspecified atom stereocenters. The van der Waals surface area contributed by atoms with Crippen molar-refractivity contribution in [3.8, 4) is 0 Å². The largest absolute Gasteiger partial charge is 0.481 e. The zero-order chi connectivity index (χ0) is 13.8. The van der Waals surface area contributed by atoms with Crippen LogP contribution < -0.4 is 5.73 Å². The van der Waals surface area contributed by atoms with Crippen molar-refractivity contribution in [3.63, 3.8) is 0 Å². The fraction of sp³-hybridized carbons (Fsp3) is 0.583. The summed E-state index contributed by atoms with van der Waals surface area (Å²) in [6, 6.07) is 0.000254. The number of carbonyl (C=O) groups is 2. The van der Waals surface area contributed by atoms with E-state index < -0.39 is 5.97 Å².